The molecule has 2 aromatic heterocycles. The first-order chi connectivity index (χ1) is 11.3. The van der Waals surface area contributed by atoms with Crippen LogP contribution in [0.2, 0.25) is 0 Å². The van der Waals surface area contributed by atoms with E-state index in [2.05, 4.69) is 24.8 Å². The van der Waals surface area contributed by atoms with Gasteiger partial charge in [0.25, 0.3) is 0 Å². The second-order valence-electron chi connectivity index (χ2n) is 5.33. The highest BCUT2D eigenvalue weighted by atomic mass is 32.1. The minimum absolute atomic E-state index is 0.0249. The lowest BCUT2D eigenvalue weighted by Gasteiger charge is -2.23. The van der Waals surface area contributed by atoms with Crippen molar-refractivity contribution >= 4 is 22.4 Å². The fourth-order valence-corrected chi connectivity index (χ4v) is 3.64. The predicted octanol–water partition coefficient (Wildman–Crippen LogP) is 3.23. The smallest absolute Gasteiger partial charge is 0.152 e. The van der Waals surface area contributed by atoms with E-state index in [1.807, 2.05) is 30.9 Å². The van der Waals surface area contributed by atoms with Crippen LogP contribution < -0.4 is 5.32 Å². The quantitative estimate of drug-likeness (QED) is 0.798. The van der Waals surface area contributed by atoms with Crippen LogP contribution in [0.1, 0.15) is 23.9 Å². The molecule has 0 aliphatic carbocycles. The number of benzene rings is 1. The van der Waals surface area contributed by atoms with Crippen molar-refractivity contribution in [1.29, 1.82) is 0 Å². The highest BCUT2D eigenvalue weighted by Crippen LogP contribution is 2.27. The maximum absolute atomic E-state index is 13.5. The largest absolute Gasteiger partial charge is 0.364 e. The average Bonchev–Trinajstić information content (AvgIpc) is 3.25. The molecule has 118 valence electrons. The third-order valence-electron chi connectivity index (χ3n) is 3.97. The van der Waals surface area contributed by atoms with Gasteiger partial charge in [0, 0.05) is 30.5 Å². The van der Waals surface area contributed by atoms with Crippen LogP contribution in [-0.4, -0.2) is 19.4 Å². The van der Waals surface area contributed by atoms with Gasteiger partial charge in [-0.05, 0) is 25.1 Å². The molecule has 1 unspecified atom stereocenters. The van der Waals surface area contributed by atoms with Gasteiger partial charge in [-0.15, -0.1) is 11.3 Å². The van der Waals surface area contributed by atoms with Crippen molar-refractivity contribution in [1.82, 2.24) is 24.8 Å². The number of imidazole rings is 1. The molecule has 5 nitrogen and oxygen atoms in total. The van der Waals surface area contributed by atoms with Crippen molar-refractivity contribution in [3.8, 4) is 0 Å². The molecule has 0 saturated heterocycles. The summed E-state index contributed by atoms with van der Waals surface area (Å²) < 4.78 is 15.6. The third kappa shape index (κ3) is 2.46. The van der Waals surface area contributed by atoms with Gasteiger partial charge in [-0.1, -0.05) is 0 Å². The fraction of sp³-hybridized carbons (Fsp3) is 0.250. The first-order valence-electron chi connectivity index (χ1n) is 7.49. The zero-order valence-corrected chi connectivity index (χ0v) is 13.4. The molecule has 1 aliphatic rings. The molecule has 23 heavy (non-hydrogen) atoms. The normalized spacial score (nSPS) is 17.1. The Kier molecular flexibility index (Phi) is 3.49. The van der Waals surface area contributed by atoms with Crippen molar-refractivity contribution in [2.45, 2.75) is 26.2 Å². The summed E-state index contributed by atoms with van der Waals surface area (Å²) in [6.45, 7) is 3.44. The molecule has 0 bridgehead atoms. The highest BCUT2D eigenvalue weighted by Gasteiger charge is 2.24. The number of rotatable bonds is 4. The molecule has 0 fully saturated rings. The number of nitrogens with zero attached hydrogens (tertiary/aromatic N) is 4. The van der Waals surface area contributed by atoms with Gasteiger partial charge in [0.1, 0.15) is 16.6 Å². The number of hydrogen-bond donors (Lipinski definition) is 1. The molecule has 0 amide bonds. The van der Waals surface area contributed by atoms with Gasteiger partial charge >= 0.3 is 0 Å². The summed E-state index contributed by atoms with van der Waals surface area (Å²) in [4.78, 5) is 11.2. The van der Waals surface area contributed by atoms with E-state index in [-0.39, 0.29) is 12.0 Å². The lowest BCUT2D eigenvalue weighted by Crippen LogP contribution is -2.27. The molecule has 0 spiro atoms. The predicted molar refractivity (Wildman–Crippen MR) is 88.0 cm³/mol. The lowest BCUT2D eigenvalue weighted by atomic mass is 10.3. The number of hydrogen-bond acceptors (Lipinski definition) is 5. The molecular formula is C16H16FN5S. The summed E-state index contributed by atoms with van der Waals surface area (Å²) in [5.41, 5.74) is 1.66. The molecule has 7 heteroatoms. The molecule has 1 N–H and O–H groups in total. The van der Waals surface area contributed by atoms with E-state index in [1.54, 1.807) is 23.5 Å². The van der Waals surface area contributed by atoms with Crippen LogP contribution in [0, 0.1) is 5.82 Å². The maximum atomic E-state index is 13.5. The molecule has 1 aliphatic heterocycles. The lowest BCUT2D eigenvalue weighted by molar-refractivity contribution is 0.266. The molecule has 0 radical (unpaired) electrons. The van der Waals surface area contributed by atoms with Crippen molar-refractivity contribution in [3.63, 3.8) is 0 Å². The van der Waals surface area contributed by atoms with Crippen molar-refractivity contribution in [2.24, 2.45) is 0 Å². The Morgan fingerprint density at radius 2 is 2.30 bits per heavy atom. The Labute approximate surface area is 137 Å². The standard InChI is InChI=1S/C16H16FN5S/c1-2-22-13-9-11(17)3-4-12(13)20-14(22)10-21-7-5-18-15(21)16-19-6-8-23-16/h3-9,15,18H,2,10H2,1H3. The van der Waals surface area contributed by atoms with Crippen LogP contribution in [0.4, 0.5) is 4.39 Å². The van der Waals surface area contributed by atoms with E-state index >= 15 is 0 Å². The minimum Gasteiger partial charge on any atom is -0.364 e. The molecule has 3 heterocycles. The van der Waals surface area contributed by atoms with Crippen LogP contribution in [0.25, 0.3) is 11.0 Å². The van der Waals surface area contributed by atoms with Gasteiger partial charge in [0.15, 0.2) is 6.17 Å². The van der Waals surface area contributed by atoms with Crippen LogP contribution in [0.5, 0.6) is 0 Å². The van der Waals surface area contributed by atoms with E-state index in [0.717, 1.165) is 28.4 Å². The van der Waals surface area contributed by atoms with Gasteiger partial charge in [-0.3, -0.25) is 0 Å². The molecule has 3 aromatic rings. The van der Waals surface area contributed by atoms with Gasteiger partial charge in [0.05, 0.1) is 17.6 Å². The molecule has 1 atom stereocenters. The minimum atomic E-state index is -0.234. The summed E-state index contributed by atoms with van der Waals surface area (Å²) in [7, 11) is 0. The summed E-state index contributed by atoms with van der Waals surface area (Å²) in [6.07, 6.45) is 5.76. The Bertz CT molecular complexity index is 855. The van der Waals surface area contributed by atoms with Gasteiger partial charge in [-0.2, -0.15) is 0 Å². The van der Waals surface area contributed by atoms with E-state index in [4.69, 9.17) is 0 Å². The topological polar surface area (TPSA) is 46.0 Å². The average molecular weight is 329 g/mol. The van der Waals surface area contributed by atoms with E-state index in [1.165, 1.54) is 6.07 Å². The number of aryl methyl sites for hydroxylation is 1. The summed E-state index contributed by atoms with van der Waals surface area (Å²) in [6, 6.07) is 4.73. The molecule has 0 saturated carbocycles. The summed E-state index contributed by atoms with van der Waals surface area (Å²) in [5, 5.41) is 6.29. The number of thiazole rings is 1. The Morgan fingerprint density at radius 1 is 1.39 bits per heavy atom. The van der Waals surface area contributed by atoms with E-state index in [0.29, 0.717) is 6.54 Å². The Hall–Kier alpha value is -2.41. The summed E-state index contributed by atoms with van der Waals surface area (Å²) >= 11 is 1.62. The first-order valence-corrected chi connectivity index (χ1v) is 8.36. The van der Waals surface area contributed by atoms with Gasteiger partial charge in [0.2, 0.25) is 0 Å². The highest BCUT2D eigenvalue weighted by molar-refractivity contribution is 7.09. The van der Waals surface area contributed by atoms with Crippen molar-refractivity contribution in [3.05, 3.63) is 58.8 Å². The van der Waals surface area contributed by atoms with Crippen molar-refractivity contribution < 1.29 is 4.39 Å². The first kappa shape index (κ1) is 14.2. The second-order valence-corrected chi connectivity index (χ2v) is 6.26. The van der Waals surface area contributed by atoms with E-state index in [9.17, 15) is 4.39 Å². The van der Waals surface area contributed by atoms with Gasteiger partial charge in [-0.25, -0.2) is 14.4 Å². The number of fused-ring (bicyclic) bond motifs is 1. The van der Waals surface area contributed by atoms with Crippen LogP contribution >= 0.6 is 11.3 Å². The third-order valence-corrected chi connectivity index (χ3v) is 4.79. The SMILES string of the molecule is CCn1c(CN2C=CNC2c2nccs2)nc2ccc(F)cc21. The zero-order chi connectivity index (χ0) is 15.8. The fourth-order valence-electron chi connectivity index (χ4n) is 2.92. The van der Waals surface area contributed by atoms with Crippen molar-refractivity contribution in [2.75, 3.05) is 0 Å². The molecular weight excluding hydrogens is 313 g/mol. The maximum Gasteiger partial charge on any atom is 0.152 e. The van der Waals surface area contributed by atoms with Crippen LogP contribution in [0.15, 0.2) is 42.2 Å². The number of aromatic nitrogens is 3. The van der Waals surface area contributed by atoms with Crippen LogP contribution in [0.3, 0.4) is 0 Å². The Morgan fingerprint density at radius 3 is 3.09 bits per heavy atom. The second kappa shape index (κ2) is 5.66. The summed E-state index contributed by atoms with van der Waals surface area (Å²) in [5.74, 6) is 0.685. The number of nitrogens with one attached hydrogen (secondary N) is 1. The Balaban J connectivity index is 1.68. The molecule has 4 rings (SSSR count). The molecule has 1 aromatic carbocycles. The van der Waals surface area contributed by atoms with Crippen LogP contribution in [-0.2, 0) is 13.1 Å². The van der Waals surface area contributed by atoms with Gasteiger partial charge < -0.3 is 14.8 Å². The monoisotopic (exact) mass is 329 g/mol. The van der Waals surface area contributed by atoms with E-state index < -0.39 is 0 Å². The zero-order valence-electron chi connectivity index (χ0n) is 12.6. The number of halogens is 1.